The molecule has 0 unspecified atom stereocenters. The standard InChI is InChI=1S/C20H20N4OS/c1-13-7-9-16(10-8-13)18-21-20(23-22-18)26-14(2)19(25)24-12-11-15-5-3-4-6-17(15)24/h3-10,14H,11-12H2,1-2H3,(H,21,22,23)/t14-/m0/s1. The van der Waals surface area contributed by atoms with Crippen LogP contribution in [-0.4, -0.2) is 32.9 Å². The number of nitrogens with one attached hydrogen (secondary N) is 1. The summed E-state index contributed by atoms with van der Waals surface area (Å²) in [4.78, 5) is 19.3. The molecule has 0 spiro atoms. The topological polar surface area (TPSA) is 61.9 Å². The number of para-hydroxylation sites is 1. The molecule has 5 nitrogen and oxygen atoms in total. The maximum atomic E-state index is 12.9. The predicted octanol–water partition coefficient (Wildman–Crippen LogP) is 3.85. The van der Waals surface area contributed by atoms with Crippen LogP contribution >= 0.6 is 11.8 Å². The molecule has 0 radical (unpaired) electrons. The van der Waals surface area contributed by atoms with Crippen molar-refractivity contribution in [1.29, 1.82) is 0 Å². The molecule has 0 aliphatic carbocycles. The van der Waals surface area contributed by atoms with E-state index in [2.05, 4.69) is 28.2 Å². The number of anilines is 1. The first-order valence-corrected chi connectivity index (χ1v) is 9.55. The molecule has 2 aromatic carbocycles. The monoisotopic (exact) mass is 364 g/mol. The zero-order valence-electron chi connectivity index (χ0n) is 14.8. The number of nitrogens with zero attached hydrogens (tertiary/aromatic N) is 3. The Morgan fingerprint density at radius 1 is 1.19 bits per heavy atom. The number of amides is 1. The zero-order chi connectivity index (χ0) is 18.1. The molecular formula is C20H20N4OS. The van der Waals surface area contributed by atoms with Crippen molar-refractivity contribution < 1.29 is 4.79 Å². The molecule has 26 heavy (non-hydrogen) atoms. The number of carbonyl (C=O) groups is 1. The van der Waals surface area contributed by atoms with Gasteiger partial charge in [0, 0.05) is 17.8 Å². The van der Waals surface area contributed by atoms with E-state index in [9.17, 15) is 4.79 Å². The highest BCUT2D eigenvalue weighted by Gasteiger charge is 2.28. The summed E-state index contributed by atoms with van der Waals surface area (Å²) in [6.45, 7) is 4.71. The molecule has 6 heteroatoms. The predicted molar refractivity (Wildman–Crippen MR) is 104 cm³/mol. The first kappa shape index (κ1) is 16.8. The summed E-state index contributed by atoms with van der Waals surface area (Å²) in [5.74, 6) is 0.820. The van der Waals surface area contributed by atoms with Gasteiger partial charge in [-0.3, -0.25) is 9.89 Å². The van der Waals surface area contributed by atoms with Crippen LogP contribution in [0.25, 0.3) is 11.4 Å². The fraction of sp³-hybridized carbons (Fsp3) is 0.250. The Labute approximate surface area is 156 Å². The normalized spacial score (nSPS) is 14.3. The van der Waals surface area contributed by atoms with Crippen LogP contribution in [-0.2, 0) is 11.2 Å². The first-order valence-electron chi connectivity index (χ1n) is 8.67. The fourth-order valence-corrected chi connectivity index (χ4v) is 3.92. The second-order valence-electron chi connectivity index (χ2n) is 6.46. The third-order valence-electron chi connectivity index (χ3n) is 4.57. The SMILES string of the molecule is Cc1ccc(-c2nc(S[C@@H](C)C(=O)N3CCc4ccccc43)n[nH]2)cc1. The molecule has 1 atom stereocenters. The lowest BCUT2D eigenvalue weighted by Crippen LogP contribution is -2.35. The largest absolute Gasteiger partial charge is 0.311 e. The number of aryl methyl sites for hydroxylation is 1. The molecular weight excluding hydrogens is 344 g/mol. The van der Waals surface area contributed by atoms with Gasteiger partial charge in [-0.2, -0.15) is 0 Å². The van der Waals surface area contributed by atoms with Gasteiger partial charge in [0.1, 0.15) is 0 Å². The molecule has 1 aliphatic heterocycles. The number of hydrogen-bond acceptors (Lipinski definition) is 4. The molecule has 0 saturated carbocycles. The van der Waals surface area contributed by atoms with E-state index in [0.29, 0.717) is 5.16 Å². The number of thioether (sulfide) groups is 1. The van der Waals surface area contributed by atoms with Gasteiger partial charge in [-0.15, -0.1) is 5.10 Å². The Bertz CT molecular complexity index is 935. The van der Waals surface area contributed by atoms with Gasteiger partial charge in [0.2, 0.25) is 11.1 Å². The van der Waals surface area contributed by atoms with Gasteiger partial charge in [0.25, 0.3) is 0 Å². The molecule has 1 aliphatic rings. The maximum Gasteiger partial charge on any atom is 0.240 e. The Morgan fingerprint density at radius 2 is 1.96 bits per heavy atom. The van der Waals surface area contributed by atoms with Crippen molar-refractivity contribution in [3.63, 3.8) is 0 Å². The third kappa shape index (κ3) is 3.24. The highest BCUT2D eigenvalue weighted by atomic mass is 32.2. The van der Waals surface area contributed by atoms with Crippen LogP contribution in [0.5, 0.6) is 0 Å². The van der Waals surface area contributed by atoms with Gasteiger partial charge >= 0.3 is 0 Å². The van der Waals surface area contributed by atoms with Crippen LogP contribution < -0.4 is 4.90 Å². The van der Waals surface area contributed by atoms with Crippen LogP contribution in [0.3, 0.4) is 0 Å². The van der Waals surface area contributed by atoms with E-state index in [0.717, 1.165) is 30.0 Å². The van der Waals surface area contributed by atoms with Crippen molar-refractivity contribution in [2.45, 2.75) is 30.7 Å². The summed E-state index contributed by atoms with van der Waals surface area (Å²) in [5.41, 5.74) is 4.45. The first-order chi connectivity index (χ1) is 12.6. The average Bonchev–Trinajstić information content (AvgIpc) is 3.29. The van der Waals surface area contributed by atoms with Gasteiger partial charge in [0.15, 0.2) is 5.82 Å². The molecule has 1 aromatic heterocycles. The van der Waals surface area contributed by atoms with Crippen LogP contribution in [0, 0.1) is 6.92 Å². The van der Waals surface area contributed by atoms with E-state index in [4.69, 9.17) is 0 Å². The second kappa shape index (κ2) is 6.96. The van der Waals surface area contributed by atoms with Crippen molar-refractivity contribution in [3.05, 3.63) is 59.7 Å². The van der Waals surface area contributed by atoms with Crippen molar-refractivity contribution in [3.8, 4) is 11.4 Å². The highest BCUT2D eigenvalue weighted by molar-refractivity contribution is 8.00. The number of carbonyl (C=O) groups excluding carboxylic acids is 1. The molecule has 1 amide bonds. The quantitative estimate of drug-likeness (QED) is 0.714. The number of aromatic amines is 1. The van der Waals surface area contributed by atoms with Gasteiger partial charge in [-0.05, 0) is 31.9 Å². The molecule has 0 saturated heterocycles. The number of H-pyrrole nitrogens is 1. The van der Waals surface area contributed by atoms with Crippen molar-refractivity contribution in [2.75, 3.05) is 11.4 Å². The van der Waals surface area contributed by atoms with Crippen molar-refractivity contribution >= 4 is 23.4 Å². The molecule has 3 aromatic rings. The summed E-state index contributed by atoms with van der Waals surface area (Å²) in [5, 5.41) is 7.57. The van der Waals surface area contributed by atoms with Gasteiger partial charge in [-0.25, -0.2) is 4.98 Å². The summed E-state index contributed by atoms with van der Waals surface area (Å²) in [6.07, 6.45) is 0.914. The molecule has 0 bridgehead atoms. The summed E-state index contributed by atoms with van der Waals surface area (Å²) < 4.78 is 0. The van der Waals surface area contributed by atoms with Gasteiger partial charge < -0.3 is 4.90 Å². The Morgan fingerprint density at radius 3 is 2.77 bits per heavy atom. The number of fused-ring (bicyclic) bond motifs is 1. The summed E-state index contributed by atoms with van der Waals surface area (Å²) >= 11 is 1.39. The van der Waals surface area contributed by atoms with Gasteiger partial charge in [0.05, 0.1) is 5.25 Å². The van der Waals surface area contributed by atoms with E-state index in [1.54, 1.807) is 0 Å². The summed E-state index contributed by atoms with van der Waals surface area (Å²) in [7, 11) is 0. The minimum absolute atomic E-state index is 0.0987. The molecule has 1 N–H and O–H groups in total. The number of hydrogen-bond donors (Lipinski definition) is 1. The van der Waals surface area contributed by atoms with Crippen LogP contribution in [0.15, 0.2) is 53.7 Å². The minimum Gasteiger partial charge on any atom is -0.311 e. The lowest BCUT2D eigenvalue weighted by atomic mass is 10.1. The average molecular weight is 364 g/mol. The van der Waals surface area contributed by atoms with E-state index in [-0.39, 0.29) is 11.2 Å². The van der Waals surface area contributed by atoms with E-state index < -0.39 is 0 Å². The fourth-order valence-electron chi connectivity index (χ4n) is 3.13. The lowest BCUT2D eigenvalue weighted by Gasteiger charge is -2.20. The van der Waals surface area contributed by atoms with Gasteiger partial charge in [-0.1, -0.05) is 59.8 Å². The Balaban J connectivity index is 1.46. The van der Waals surface area contributed by atoms with Crippen molar-refractivity contribution in [2.24, 2.45) is 0 Å². The number of aromatic nitrogens is 3. The smallest absolute Gasteiger partial charge is 0.240 e. The van der Waals surface area contributed by atoms with Crippen LogP contribution in [0.1, 0.15) is 18.1 Å². The maximum absolute atomic E-state index is 12.9. The summed E-state index contributed by atoms with van der Waals surface area (Å²) in [6, 6.07) is 16.2. The minimum atomic E-state index is -0.247. The second-order valence-corrected chi connectivity index (χ2v) is 7.77. The van der Waals surface area contributed by atoms with E-state index in [1.807, 2.05) is 54.3 Å². The number of rotatable bonds is 4. The van der Waals surface area contributed by atoms with E-state index in [1.165, 1.54) is 22.9 Å². The van der Waals surface area contributed by atoms with Crippen LogP contribution in [0.4, 0.5) is 5.69 Å². The third-order valence-corrected chi connectivity index (χ3v) is 5.52. The van der Waals surface area contributed by atoms with Crippen LogP contribution in [0.2, 0.25) is 0 Å². The molecule has 2 heterocycles. The number of benzene rings is 2. The zero-order valence-corrected chi connectivity index (χ0v) is 15.6. The van der Waals surface area contributed by atoms with E-state index >= 15 is 0 Å². The molecule has 0 fully saturated rings. The lowest BCUT2D eigenvalue weighted by molar-refractivity contribution is -0.117. The Hall–Kier alpha value is -2.60. The highest BCUT2D eigenvalue weighted by Crippen LogP contribution is 2.31. The van der Waals surface area contributed by atoms with Crippen molar-refractivity contribution in [1.82, 2.24) is 15.2 Å². The molecule has 132 valence electrons. The molecule has 4 rings (SSSR count). The Kier molecular flexibility index (Phi) is 4.51.